The standard InChI is InChI=1S/C17H18N2O4/c1-22-16(20)13-6-5-7-14(12-13)19-17(21)18-10-11-23-15-8-3-2-4-9-15/h2-9,12H,10-11H2,1H3,(H2,18,19,21). The number of esters is 1. The van der Waals surface area contributed by atoms with Crippen LogP contribution in [0.4, 0.5) is 10.5 Å². The molecule has 0 bridgehead atoms. The predicted molar refractivity (Wildman–Crippen MR) is 86.7 cm³/mol. The Hall–Kier alpha value is -3.02. The number of methoxy groups -OCH3 is 1. The summed E-state index contributed by atoms with van der Waals surface area (Å²) in [7, 11) is 1.31. The smallest absolute Gasteiger partial charge is 0.337 e. The number of amides is 2. The lowest BCUT2D eigenvalue weighted by molar-refractivity contribution is 0.0600. The molecule has 120 valence electrons. The summed E-state index contributed by atoms with van der Waals surface area (Å²) >= 11 is 0. The van der Waals surface area contributed by atoms with E-state index < -0.39 is 5.97 Å². The van der Waals surface area contributed by atoms with Gasteiger partial charge < -0.3 is 20.1 Å². The van der Waals surface area contributed by atoms with E-state index in [-0.39, 0.29) is 6.03 Å². The van der Waals surface area contributed by atoms with Gasteiger partial charge in [0, 0.05) is 5.69 Å². The van der Waals surface area contributed by atoms with E-state index >= 15 is 0 Å². The van der Waals surface area contributed by atoms with Crippen molar-refractivity contribution in [3.05, 3.63) is 60.2 Å². The van der Waals surface area contributed by atoms with E-state index in [4.69, 9.17) is 4.74 Å². The van der Waals surface area contributed by atoms with Crippen molar-refractivity contribution in [2.75, 3.05) is 25.6 Å². The van der Waals surface area contributed by atoms with Crippen molar-refractivity contribution >= 4 is 17.7 Å². The van der Waals surface area contributed by atoms with Gasteiger partial charge in [-0.3, -0.25) is 0 Å². The van der Waals surface area contributed by atoms with Crippen LogP contribution in [-0.4, -0.2) is 32.3 Å². The quantitative estimate of drug-likeness (QED) is 0.635. The first-order valence-corrected chi connectivity index (χ1v) is 7.10. The topological polar surface area (TPSA) is 76.7 Å². The molecule has 0 heterocycles. The molecule has 6 nitrogen and oxygen atoms in total. The van der Waals surface area contributed by atoms with Crippen molar-refractivity contribution in [2.45, 2.75) is 0 Å². The maximum absolute atomic E-state index is 11.8. The molecule has 23 heavy (non-hydrogen) atoms. The molecule has 0 radical (unpaired) electrons. The van der Waals surface area contributed by atoms with Crippen LogP contribution in [0.5, 0.6) is 5.75 Å². The van der Waals surface area contributed by atoms with Gasteiger partial charge in [0.05, 0.1) is 19.2 Å². The van der Waals surface area contributed by atoms with E-state index in [0.29, 0.717) is 24.4 Å². The fourth-order valence-electron chi connectivity index (χ4n) is 1.87. The van der Waals surface area contributed by atoms with Gasteiger partial charge in [0.25, 0.3) is 0 Å². The summed E-state index contributed by atoms with van der Waals surface area (Å²) in [6.45, 7) is 0.719. The van der Waals surface area contributed by atoms with Crippen molar-refractivity contribution in [3.8, 4) is 5.75 Å². The van der Waals surface area contributed by atoms with Crippen molar-refractivity contribution in [3.63, 3.8) is 0 Å². The Balaban J connectivity index is 1.75. The largest absolute Gasteiger partial charge is 0.492 e. The second kappa shape index (κ2) is 8.43. The molecular weight excluding hydrogens is 296 g/mol. The van der Waals surface area contributed by atoms with Gasteiger partial charge in [-0.15, -0.1) is 0 Å². The Morgan fingerprint density at radius 2 is 1.83 bits per heavy atom. The van der Waals surface area contributed by atoms with Gasteiger partial charge in [-0.2, -0.15) is 0 Å². The number of nitrogens with one attached hydrogen (secondary N) is 2. The number of hydrogen-bond donors (Lipinski definition) is 2. The SMILES string of the molecule is COC(=O)c1cccc(NC(=O)NCCOc2ccccc2)c1. The van der Waals surface area contributed by atoms with Crippen LogP contribution in [0.15, 0.2) is 54.6 Å². The second-order valence-electron chi connectivity index (χ2n) is 4.61. The van der Waals surface area contributed by atoms with Crippen LogP contribution in [0.2, 0.25) is 0 Å². The summed E-state index contributed by atoms with van der Waals surface area (Å²) < 4.78 is 10.1. The van der Waals surface area contributed by atoms with Crippen molar-refractivity contribution in [2.24, 2.45) is 0 Å². The molecule has 0 aliphatic rings. The van der Waals surface area contributed by atoms with Gasteiger partial charge in [-0.25, -0.2) is 9.59 Å². The average Bonchev–Trinajstić information content (AvgIpc) is 2.59. The number of para-hydroxylation sites is 1. The number of carbonyl (C=O) groups is 2. The molecular formula is C17H18N2O4. The molecule has 0 aliphatic heterocycles. The minimum Gasteiger partial charge on any atom is -0.492 e. The van der Waals surface area contributed by atoms with E-state index in [9.17, 15) is 9.59 Å². The van der Waals surface area contributed by atoms with Gasteiger partial charge >= 0.3 is 12.0 Å². The van der Waals surface area contributed by atoms with Gasteiger partial charge in [-0.1, -0.05) is 24.3 Å². The number of carbonyl (C=O) groups excluding carboxylic acids is 2. The van der Waals surface area contributed by atoms with Crippen LogP contribution in [0.3, 0.4) is 0 Å². The van der Waals surface area contributed by atoms with Gasteiger partial charge in [0.1, 0.15) is 12.4 Å². The fraction of sp³-hybridized carbons (Fsp3) is 0.176. The summed E-state index contributed by atoms with van der Waals surface area (Å²) in [5, 5.41) is 5.32. The minimum atomic E-state index is -0.453. The Labute approximate surface area is 134 Å². The van der Waals surface area contributed by atoms with Crippen LogP contribution < -0.4 is 15.4 Å². The molecule has 6 heteroatoms. The summed E-state index contributed by atoms with van der Waals surface area (Å²) in [5.74, 6) is 0.297. The Morgan fingerprint density at radius 3 is 2.57 bits per heavy atom. The predicted octanol–water partition coefficient (Wildman–Crippen LogP) is 2.67. The zero-order chi connectivity index (χ0) is 16.5. The molecule has 2 aromatic rings. The lowest BCUT2D eigenvalue weighted by Crippen LogP contribution is -2.32. The molecule has 0 fully saturated rings. The third-order valence-electron chi connectivity index (χ3n) is 2.94. The number of benzene rings is 2. The number of urea groups is 1. The molecule has 0 atom stereocenters. The first-order chi connectivity index (χ1) is 11.2. The van der Waals surface area contributed by atoms with Gasteiger partial charge in [-0.05, 0) is 30.3 Å². The Bertz CT molecular complexity index is 659. The molecule has 0 saturated carbocycles. The molecule has 0 aliphatic carbocycles. The first kappa shape index (κ1) is 16.4. The zero-order valence-electron chi connectivity index (χ0n) is 12.7. The monoisotopic (exact) mass is 314 g/mol. The third kappa shape index (κ3) is 5.35. The highest BCUT2D eigenvalue weighted by Crippen LogP contribution is 2.11. The maximum Gasteiger partial charge on any atom is 0.337 e. The van der Waals surface area contributed by atoms with Gasteiger partial charge in [0.15, 0.2) is 0 Å². The van der Waals surface area contributed by atoms with Crippen LogP contribution in [0.1, 0.15) is 10.4 Å². The molecule has 2 amide bonds. The first-order valence-electron chi connectivity index (χ1n) is 7.10. The summed E-state index contributed by atoms with van der Waals surface area (Å²) in [6.07, 6.45) is 0. The highest BCUT2D eigenvalue weighted by Gasteiger charge is 2.07. The summed E-state index contributed by atoms with van der Waals surface area (Å²) in [5.41, 5.74) is 0.882. The van der Waals surface area contributed by atoms with E-state index in [1.807, 2.05) is 30.3 Å². The number of rotatable bonds is 6. The van der Waals surface area contributed by atoms with Crippen molar-refractivity contribution in [1.82, 2.24) is 5.32 Å². The summed E-state index contributed by atoms with van der Waals surface area (Å²) in [6, 6.07) is 15.5. The van der Waals surface area contributed by atoms with E-state index in [2.05, 4.69) is 15.4 Å². The fourth-order valence-corrected chi connectivity index (χ4v) is 1.87. The molecule has 0 saturated heterocycles. The minimum absolute atomic E-state index is 0.359. The van der Waals surface area contributed by atoms with Crippen LogP contribution in [0.25, 0.3) is 0 Å². The lowest BCUT2D eigenvalue weighted by atomic mass is 10.2. The van der Waals surface area contributed by atoms with E-state index in [0.717, 1.165) is 5.75 Å². The van der Waals surface area contributed by atoms with Crippen LogP contribution in [0, 0.1) is 0 Å². The lowest BCUT2D eigenvalue weighted by Gasteiger charge is -2.09. The van der Waals surface area contributed by atoms with E-state index in [1.165, 1.54) is 7.11 Å². The molecule has 0 unspecified atom stereocenters. The molecule has 0 aromatic heterocycles. The Morgan fingerprint density at radius 1 is 1.04 bits per heavy atom. The number of anilines is 1. The van der Waals surface area contributed by atoms with Crippen molar-refractivity contribution < 1.29 is 19.1 Å². The highest BCUT2D eigenvalue weighted by molar-refractivity contribution is 5.93. The van der Waals surface area contributed by atoms with Gasteiger partial charge in [0.2, 0.25) is 0 Å². The van der Waals surface area contributed by atoms with E-state index in [1.54, 1.807) is 24.3 Å². The number of hydrogen-bond acceptors (Lipinski definition) is 4. The average molecular weight is 314 g/mol. The summed E-state index contributed by atoms with van der Waals surface area (Å²) in [4.78, 5) is 23.2. The van der Waals surface area contributed by atoms with Crippen LogP contribution >= 0.6 is 0 Å². The molecule has 2 N–H and O–H groups in total. The third-order valence-corrected chi connectivity index (χ3v) is 2.94. The van der Waals surface area contributed by atoms with Crippen molar-refractivity contribution in [1.29, 1.82) is 0 Å². The normalized spacial score (nSPS) is 9.78. The molecule has 2 aromatic carbocycles. The maximum atomic E-state index is 11.8. The Kier molecular flexibility index (Phi) is 5.99. The second-order valence-corrected chi connectivity index (χ2v) is 4.61. The van der Waals surface area contributed by atoms with Crippen LogP contribution in [-0.2, 0) is 4.74 Å². The number of ether oxygens (including phenoxy) is 2. The molecule has 2 rings (SSSR count). The highest BCUT2D eigenvalue weighted by atomic mass is 16.5. The zero-order valence-corrected chi connectivity index (χ0v) is 12.7. The molecule has 0 spiro atoms.